The number of rotatable bonds is 2. The van der Waals surface area contributed by atoms with Crippen molar-refractivity contribution in [2.75, 3.05) is 16.4 Å². The van der Waals surface area contributed by atoms with Crippen LogP contribution in [0.3, 0.4) is 0 Å². The smallest absolute Gasteiger partial charge is 0.235 e. The summed E-state index contributed by atoms with van der Waals surface area (Å²) in [5.41, 5.74) is 5.81. The first-order chi connectivity index (χ1) is 6.13. The van der Waals surface area contributed by atoms with Crippen molar-refractivity contribution >= 4 is 33.2 Å². The van der Waals surface area contributed by atoms with Crippen LogP contribution in [0.5, 0.6) is 0 Å². The van der Waals surface area contributed by atoms with E-state index in [0.717, 1.165) is 0 Å². The number of nitrogen functional groups attached to an aromatic ring is 1. The lowest BCUT2D eigenvalue weighted by Crippen LogP contribution is -2.12. The maximum atomic E-state index is 12.7. The second-order valence-corrected chi connectivity index (χ2v) is 2.98. The van der Waals surface area contributed by atoms with Gasteiger partial charge in [-0.1, -0.05) is 15.9 Å². The van der Waals surface area contributed by atoms with Gasteiger partial charge in [-0.3, -0.25) is 4.79 Å². The number of amides is 1. The molecule has 13 heavy (non-hydrogen) atoms. The van der Waals surface area contributed by atoms with E-state index in [0.29, 0.717) is 5.69 Å². The van der Waals surface area contributed by atoms with Crippen molar-refractivity contribution in [2.24, 2.45) is 0 Å². The predicted octanol–water partition coefficient (Wildman–Crippen LogP) is 1.74. The second kappa shape index (κ2) is 4.23. The average molecular weight is 247 g/mol. The molecule has 0 aliphatic heterocycles. The fourth-order valence-electron chi connectivity index (χ4n) is 0.816. The highest BCUT2D eigenvalue weighted by Gasteiger charge is 2.02. The Bertz CT molecular complexity index is 330. The van der Waals surface area contributed by atoms with Crippen molar-refractivity contribution in [3.05, 3.63) is 24.0 Å². The minimum Gasteiger partial charge on any atom is -0.396 e. The van der Waals surface area contributed by atoms with Crippen molar-refractivity contribution in [1.29, 1.82) is 0 Å². The molecule has 70 valence electrons. The number of nitrogens with one attached hydrogen (secondary N) is 1. The zero-order valence-corrected chi connectivity index (χ0v) is 8.27. The van der Waals surface area contributed by atoms with Gasteiger partial charge in [0.2, 0.25) is 5.91 Å². The number of hydrogen-bond donors (Lipinski definition) is 2. The molecule has 0 aliphatic rings. The molecule has 1 amide bonds. The van der Waals surface area contributed by atoms with E-state index in [1.807, 2.05) is 0 Å². The molecule has 3 N–H and O–H groups in total. The Labute approximate surface area is 83.2 Å². The monoisotopic (exact) mass is 246 g/mol. The van der Waals surface area contributed by atoms with Crippen LogP contribution < -0.4 is 11.1 Å². The van der Waals surface area contributed by atoms with Crippen LogP contribution in [-0.2, 0) is 4.79 Å². The molecule has 1 aromatic rings. The van der Waals surface area contributed by atoms with Crippen LogP contribution in [0.15, 0.2) is 18.2 Å². The first-order valence-corrected chi connectivity index (χ1v) is 4.66. The fraction of sp³-hybridized carbons (Fsp3) is 0.125. The maximum absolute atomic E-state index is 12.7. The largest absolute Gasteiger partial charge is 0.396 e. The highest BCUT2D eigenvalue weighted by atomic mass is 79.9. The Morgan fingerprint density at radius 3 is 2.85 bits per heavy atom. The molecular formula is C8H8BrFN2O. The highest BCUT2D eigenvalue weighted by Crippen LogP contribution is 2.16. The highest BCUT2D eigenvalue weighted by molar-refractivity contribution is 9.09. The Morgan fingerprint density at radius 1 is 1.62 bits per heavy atom. The van der Waals surface area contributed by atoms with Gasteiger partial charge in [0.1, 0.15) is 5.82 Å². The summed E-state index contributed by atoms with van der Waals surface area (Å²) < 4.78 is 12.7. The Kier molecular flexibility index (Phi) is 3.25. The van der Waals surface area contributed by atoms with Crippen LogP contribution in [0.25, 0.3) is 0 Å². The SMILES string of the molecule is Nc1cc(NC(=O)CBr)ccc1F. The summed E-state index contributed by atoms with van der Waals surface area (Å²) in [5.74, 6) is -0.692. The fourth-order valence-corrected chi connectivity index (χ4v) is 0.956. The molecule has 1 rings (SSSR count). The van der Waals surface area contributed by atoms with E-state index in [4.69, 9.17) is 5.73 Å². The second-order valence-electron chi connectivity index (χ2n) is 2.42. The lowest BCUT2D eigenvalue weighted by atomic mass is 10.2. The van der Waals surface area contributed by atoms with E-state index in [-0.39, 0.29) is 16.9 Å². The number of carbonyl (C=O) groups is 1. The summed E-state index contributed by atoms with van der Waals surface area (Å²) >= 11 is 2.99. The van der Waals surface area contributed by atoms with Gasteiger partial charge in [-0.2, -0.15) is 0 Å². The van der Waals surface area contributed by atoms with Gasteiger partial charge in [0.25, 0.3) is 0 Å². The number of halogens is 2. The van der Waals surface area contributed by atoms with Crippen LogP contribution in [0, 0.1) is 5.82 Å². The van der Waals surface area contributed by atoms with Gasteiger partial charge in [0, 0.05) is 5.69 Å². The molecule has 0 aliphatic carbocycles. The summed E-state index contributed by atoms with van der Waals surface area (Å²) in [7, 11) is 0. The average Bonchev–Trinajstić information content (AvgIpc) is 2.11. The summed E-state index contributed by atoms with van der Waals surface area (Å²) in [6, 6.07) is 4.03. The zero-order chi connectivity index (χ0) is 9.84. The summed E-state index contributed by atoms with van der Waals surface area (Å²) in [6.45, 7) is 0. The number of nitrogens with two attached hydrogens (primary N) is 1. The van der Waals surface area contributed by atoms with Gasteiger partial charge in [0.15, 0.2) is 0 Å². The third-order valence-corrected chi connectivity index (χ3v) is 1.91. The molecule has 1 aromatic carbocycles. The van der Waals surface area contributed by atoms with Gasteiger partial charge in [-0.15, -0.1) is 0 Å². The summed E-state index contributed by atoms with van der Waals surface area (Å²) in [5, 5.41) is 2.73. The molecule has 0 saturated heterocycles. The van der Waals surface area contributed by atoms with E-state index >= 15 is 0 Å². The van der Waals surface area contributed by atoms with Gasteiger partial charge >= 0.3 is 0 Å². The van der Waals surface area contributed by atoms with E-state index in [1.54, 1.807) is 0 Å². The van der Waals surface area contributed by atoms with Crippen LogP contribution in [-0.4, -0.2) is 11.2 Å². The molecule has 0 unspecified atom stereocenters. The first kappa shape index (κ1) is 9.98. The lowest BCUT2D eigenvalue weighted by Gasteiger charge is -2.03. The van der Waals surface area contributed by atoms with E-state index < -0.39 is 5.82 Å². The number of carbonyl (C=O) groups excluding carboxylic acids is 1. The summed E-state index contributed by atoms with van der Waals surface area (Å²) in [6.07, 6.45) is 0. The lowest BCUT2D eigenvalue weighted by molar-refractivity contribution is -0.113. The van der Waals surface area contributed by atoms with Crippen LogP contribution in [0.2, 0.25) is 0 Å². The normalized spacial score (nSPS) is 9.69. The van der Waals surface area contributed by atoms with Gasteiger partial charge in [0.05, 0.1) is 11.0 Å². The van der Waals surface area contributed by atoms with Gasteiger partial charge < -0.3 is 11.1 Å². The van der Waals surface area contributed by atoms with E-state index in [9.17, 15) is 9.18 Å². The molecule has 0 spiro atoms. The maximum Gasteiger partial charge on any atom is 0.235 e. The van der Waals surface area contributed by atoms with Crippen LogP contribution in [0.1, 0.15) is 0 Å². The molecule has 0 bridgehead atoms. The molecule has 0 aromatic heterocycles. The molecule has 0 atom stereocenters. The van der Waals surface area contributed by atoms with Crippen LogP contribution in [0.4, 0.5) is 15.8 Å². The Morgan fingerprint density at radius 2 is 2.31 bits per heavy atom. The molecular weight excluding hydrogens is 239 g/mol. The molecule has 0 fully saturated rings. The third-order valence-electron chi connectivity index (χ3n) is 1.40. The number of alkyl halides is 1. The molecule has 3 nitrogen and oxygen atoms in total. The van der Waals surface area contributed by atoms with Gasteiger partial charge in [-0.05, 0) is 18.2 Å². The molecule has 0 radical (unpaired) electrons. The number of anilines is 2. The Hall–Kier alpha value is -1.10. The van der Waals surface area contributed by atoms with E-state index in [1.165, 1.54) is 18.2 Å². The van der Waals surface area contributed by atoms with Crippen molar-refractivity contribution in [2.45, 2.75) is 0 Å². The Balaban J connectivity index is 2.79. The third kappa shape index (κ3) is 2.69. The summed E-state index contributed by atoms with van der Waals surface area (Å²) in [4.78, 5) is 10.9. The zero-order valence-electron chi connectivity index (χ0n) is 6.68. The van der Waals surface area contributed by atoms with Crippen molar-refractivity contribution in [3.63, 3.8) is 0 Å². The van der Waals surface area contributed by atoms with Crippen LogP contribution >= 0.6 is 15.9 Å². The topological polar surface area (TPSA) is 55.1 Å². The first-order valence-electron chi connectivity index (χ1n) is 3.54. The molecule has 0 saturated carbocycles. The van der Waals surface area contributed by atoms with Crippen molar-refractivity contribution in [1.82, 2.24) is 0 Å². The molecule has 5 heteroatoms. The van der Waals surface area contributed by atoms with E-state index in [2.05, 4.69) is 21.2 Å². The van der Waals surface area contributed by atoms with Crippen molar-refractivity contribution in [3.8, 4) is 0 Å². The number of hydrogen-bond acceptors (Lipinski definition) is 2. The minimum absolute atomic E-state index is 0.0207. The number of benzene rings is 1. The van der Waals surface area contributed by atoms with Crippen molar-refractivity contribution < 1.29 is 9.18 Å². The minimum atomic E-state index is -0.489. The van der Waals surface area contributed by atoms with Gasteiger partial charge in [-0.25, -0.2) is 4.39 Å². The standard InChI is InChI=1S/C8H8BrFN2O/c9-4-8(13)12-5-1-2-6(10)7(11)3-5/h1-3H,4,11H2,(H,12,13). The predicted molar refractivity (Wildman–Crippen MR) is 53.2 cm³/mol. The molecule has 0 heterocycles. The quantitative estimate of drug-likeness (QED) is 0.617.